The van der Waals surface area contributed by atoms with Gasteiger partial charge in [0.1, 0.15) is 34.9 Å². The van der Waals surface area contributed by atoms with Gasteiger partial charge < -0.3 is 15.0 Å². The van der Waals surface area contributed by atoms with Crippen molar-refractivity contribution in [3.8, 4) is 29.0 Å². The molecular formula is C24H21N7O2. The first-order valence-electron chi connectivity index (χ1n) is 10.8. The highest BCUT2D eigenvalue weighted by molar-refractivity contribution is 5.66. The summed E-state index contributed by atoms with van der Waals surface area (Å²) in [5, 5.41) is 13.0. The van der Waals surface area contributed by atoms with Crippen LogP contribution in [-0.2, 0) is 6.42 Å². The van der Waals surface area contributed by atoms with Gasteiger partial charge in [-0.25, -0.2) is 15.0 Å². The van der Waals surface area contributed by atoms with Crippen molar-refractivity contribution in [3.05, 3.63) is 71.8 Å². The number of hydrogen-bond acceptors (Lipinski definition) is 9. The van der Waals surface area contributed by atoms with Gasteiger partial charge in [0.2, 0.25) is 11.7 Å². The van der Waals surface area contributed by atoms with Crippen LogP contribution in [0.1, 0.15) is 54.6 Å². The fraction of sp³-hybridized carbons (Fsp3) is 0.250. The van der Waals surface area contributed by atoms with E-state index in [-0.39, 0.29) is 0 Å². The van der Waals surface area contributed by atoms with Gasteiger partial charge >= 0.3 is 0 Å². The van der Waals surface area contributed by atoms with Gasteiger partial charge in [-0.3, -0.25) is 0 Å². The molecule has 5 rings (SSSR count). The van der Waals surface area contributed by atoms with E-state index in [0.717, 1.165) is 24.2 Å². The lowest BCUT2D eigenvalue weighted by Gasteiger charge is -2.08. The largest absolute Gasteiger partial charge is 0.457 e. The SMILES string of the molecule is N#Cc1cc(Oc2ccc(Cc3nc(-c4cnc(C5CCCC5)nc4N)no3)cc2)ccn1. The standard InChI is InChI=1S/C24H21N7O2/c25-13-17-12-19(9-10-27-17)32-18-7-5-15(6-8-18)11-21-29-24(31-33-21)20-14-28-23(30-22(20)26)16-3-1-2-4-16/h5-10,12,14,16H,1-4,11H2,(H2,26,28,30). The van der Waals surface area contributed by atoms with Crippen LogP contribution in [-0.4, -0.2) is 25.1 Å². The number of ether oxygens (including phenoxy) is 1. The van der Waals surface area contributed by atoms with E-state index in [9.17, 15) is 0 Å². The van der Waals surface area contributed by atoms with Crippen molar-refractivity contribution in [1.82, 2.24) is 25.1 Å². The van der Waals surface area contributed by atoms with Gasteiger partial charge in [0.15, 0.2) is 0 Å². The van der Waals surface area contributed by atoms with Gasteiger partial charge in [0.25, 0.3) is 0 Å². The number of aromatic nitrogens is 5. The Morgan fingerprint density at radius 3 is 2.64 bits per heavy atom. The van der Waals surface area contributed by atoms with E-state index in [1.165, 1.54) is 19.0 Å². The van der Waals surface area contributed by atoms with Crippen molar-refractivity contribution in [2.45, 2.75) is 38.0 Å². The summed E-state index contributed by atoms with van der Waals surface area (Å²) in [6, 6.07) is 12.8. The summed E-state index contributed by atoms with van der Waals surface area (Å²) >= 11 is 0. The topological polar surface area (TPSA) is 137 Å². The lowest BCUT2D eigenvalue weighted by molar-refractivity contribution is 0.385. The number of nitrogens with two attached hydrogens (primary N) is 1. The summed E-state index contributed by atoms with van der Waals surface area (Å²) in [6.45, 7) is 0. The lowest BCUT2D eigenvalue weighted by atomic mass is 10.1. The Kier molecular flexibility index (Phi) is 5.64. The minimum Gasteiger partial charge on any atom is -0.457 e. The van der Waals surface area contributed by atoms with Crippen molar-refractivity contribution in [1.29, 1.82) is 5.26 Å². The van der Waals surface area contributed by atoms with E-state index in [0.29, 0.717) is 52.6 Å². The predicted octanol–water partition coefficient (Wildman–Crippen LogP) is 4.42. The molecule has 0 radical (unpaired) electrons. The molecule has 0 saturated heterocycles. The summed E-state index contributed by atoms with van der Waals surface area (Å²) < 4.78 is 11.2. The number of nitrogen functional groups attached to an aromatic ring is 1. The van der Waals surface area contributed by atoms with Crippen LogP contribution >= 0.6 is 0 Å². The molecule has 2 N–H and O–H groups in total. The van der Waals surface area contributed by atoms with Gasteiger partial charge in [-0.05, 0) is 36.6 Å². The minimum absolute atomic E-state index is 0.301. The summed E-state index contributed by atoms with van der Waals surface area (Å²) in [6.07, 6.45) is 8.33. The number of pyridine rings is 1. The summed E-state index contributed by atoms with van der Waals surface area (Å²) in [7, 11) is 0. The Morgan fingerprint density at radius 1 is 1.06 bits per heavy atom. The molecule has 0 atom stereocenters. The molecule has 33 heavy (non-hydrogen) atoms. The average molecular weight is 439 g/mol. The lowest BCUT2D eigenvalue weighted by Crippen LogP contribution is -2.05. The third-order valence-electron chi connectivity index (χ3n) is 5.63. The van der Waals surface area contributed by atoms with Crippen molar-refractivity contribution in [2.75, 3.05) is 5.73 Å². The van der Waals surface area contributed by atoms with Crippen LogP contribution in [0.15, 0.2) is 53.3 Å². The smallest absolute Gasteiger partial charge is 0.231 e. The molecule has 1 aliphatic carbocycles. The van der Waals surface area contributed by atoms with Gasteiger partial charge in [0, 0.05) is 24.4 Å². The van der Waals surface area contributed by atoms with Gasteiger partial charge in [-0.15, -0.1) is 0 Å². The third kappa shape index (κ3) is 4.65. The number of rotatable bonds is 6. The Morgan fingerprint density at radius 2 is 1.88 bits per heavy atom. The normalized spacial score (nSPS) is 13.7. The van der Waals surface area contributed by atoms with E-state index in [1.54, 1.807) is 18.3 Å². The zero-order valence-electron chi connectivity index (χ0n) is 17.8. The van der Waals surface area contributed by atoms with Crippen LogP contribution < -0.4 is 10.5 Å². The summed E-state index contributed by atoms with van der Waals surface area (Å²) in [5.41, 5.74) is 8.03. The zero-order valence-corrected chi connectivity index (χ0v) is 17.8. The quantitative estimate of drug-likeness (QED) is 0.463. The molecular weight excluding hydrogens is 418 g/mol. The van der Waals surface area contributed by atoms with E-state index >= 15 is 0 Å². The molecule has 1 saturated carbocycles. The van der Waals surface area contributed by atoms with E-state index in [1.807, 2.05) is 30.3 Å². The first kappa shape index (κ1) is 20.6. The molecule has 4 aromatic rings. The molecule has 0 aliphatic heterocycles. The van der Waals surface area contributed by atoms with E-state index < -0.39 is 0 Å². The third-order valence-corrected chi connectivity index (χ3v) is 5.63. The number of nitriles is 1. The maximum absolute atomic E-state index is 8.95. The van der Waals surface area contributed by atoms with Crippen molar-refractivity contribution in [2.24, 2.45) is 0 Å². The van der Waals surface area contributed by atoms with Crippen molar-refractivity contribution >= 4 is 5.82 Å². The van der Waals surface area contributed by atoms with Gasteiger partial charge in [0.05, 0.1) is 12.0 Å². The fourth-order valence-corrected chi connectivity index (χ4v) is 3.92. The van der Waals surface area contributed by atoms with Crippen LogP contribution in [0.5, 0.6) is 11.5 Å². The first-order chi connectivity index (χ1) is 16.2. The molecule has 9 nitrogen and oxygen atoms in total. The molecule has 0 bridgehead atoms. The molecule has 1 aliphatic rings. The van der Waals surface area contributed by atoms with Crippen molar-refractivity contribution < 1.29 is 9.26 Å². The Bertz CT molecular complexity index is 1310. The van der Waals surface area contributed by atoms with Gasteiger partial charge in [-0.2, -0.15) is 10.2 Å². The second kappa shape index (κ2) is 9.04. The number of anilines is 1. The molecule has 0 unspecified atom stereocenters. The highest BCUT2D eigenvalue weighted by Gasteiger charge is 2.22. The highest BCUT2D eigenvalue weighted by atomic mass is 16.5. The highest BCUT2D eigenvalue weighted by Crippen LogP contribution is 2.33. The number of nitrogens with zero attached hydrogens (tertiary/aromatic N) is 6. The average Bonchev–Trinajstić information content (AvgIpc) is 3.53. The molecule has 9 heteroatoms. The number of benzene rings is 1. The number of hydrogen-bond donors (Lipinski definition) is 1. The molecule has 164 valence electrons. The molecule has 1 fully saturated rings. The maximum Gasteiger partial charge on any atom is 0.231 e. The molecule has 3 aromatic heterocycles. The molecule has 0 amide bonds. The molecule has 3 heterocycles. The summed E-state index contributed by atoms with van der Waals surface area (Å²) in [4.78, 5) is 17.4. The summed E-state index contributed by atoms with van der Waals surface area (Å²) in [5.74, 6) is 3.60. The second-order valence-electron chi connectivity index (χ2n) is 7.93. The maximum atomic E-state index is 8.95. The van der Waals surface area contributed by atoms with E-state index in [4.69, 9.17) is 20.3 Å². The van der Waals surface area contributed by atoms with Crippen LogP contribution in [0, 0.1) is 11.3 Å². The Balaban J connectivity index is 1.25. The van der Waals surface area contributed by atoms with E-state index in [2.05, 4.69) is 25.1 Å². The first-order valence-corrected chi connectivity index (χ1v) is 10.8. The second-order valence-corrected chi connectivity index (χ2v) is 7.93. The fourth-order valence-electron chi connectivity index (χ4n) is 3.92. The Labute approximate surface area is 190 Å². The molecule has 0 spiro atoms. The van der Waals surface area contributed by atoms with Crippen LogP contribution in [0.2, 0.25) is 0 Å². The minimum atomic E-state index is 0.301. The molecule has 1 aromatic carbocycles. The monoisotopic (exact) mass is 439 g/mol. The van der Waals surface area contributed by atoms with Crippen molar-refractivity contribution in [3.63, 3.8) is 0 Å². The Hall–Kier alpha value is -4.32. The van der Waals surface area contributed by atoms with Crippen LogP contribution in [0.25, 0.3) is 11.4 Å². The van der Waals surface area contributed by atoms with Gasteiger partial charge in [-0.1, -0.05) is 30.1 Å². The predicted molar refractivity (Wildman–Crippen MR) is 119 cm³/mol. The zero-order chi connectivity index (χ0) is 22.6. The van der Waals surface area contributed by atoms with Crippen LogP contribution in [0.4, 0.5) is 5.82 Å². The van der Waals surface area contributed by atoms with Crippen LogP contribution in [0.3, 0.4) is 0 Å².